The summed E-state index contributed by atoms with van der Waals surface area (Å²) in [5.74, 6) is -4.13. The second-order valence-electron chi connectivity index (χ2n) is 5.92. The molecule has 0 unspecified atom stereocenters. The molecule has 0 amide bonds. The van der Waals surface area contributed by atoms with Crippen LogP contribution >= 0.6 is 15.9 Å². The molecule has 0 saturated heterocycles. The molecule has 0 aliphatic rings. The molecule has 2 aromatic rings. The summed E-state index contributed by atoms with van der Waals surface area (Å²) in [5.41, 5.74) is 2.81. The summed E-state index contributed by atoms with van der Waals surface area (Å²) in [6, 6.07) is 2.62. The highest BCUT2D eigenvalue weighted by Gasteiger charge is 2.28. The third-order valence-electron chi connectivity index (χ3n) is 3.91. The van der Waals surface area contributed by atoms with Crippen LogP contribution in [-0.4, -0.2) is 52.9 Å². The Balaban J connectivity index is 2.75. The lowest BCUT2D eigenvalue weighted by atomic mass is 9.95. The minimum Gasteiger partial charge on any atom is -0.490 e. The molecular weight excluding hydrogens is 480 g/mol. The van der Waals surface area contributed by atoms with Crippen LogP contribution in [0.5, 0.6) is 11.5 Å². The van der Waals surface area contributed by atoms with Gasteiger partial charge < -0.3 is 35.1 Å². The van der Waals surface area contributed by atoms with Crippen LogP contribution in [-0.2, 0) is 9.53 Å². The van der Waals surface area contributed by atoms with Gasteiger partial charge in [0.05, 0.1) is 17.7 Å². The standard InChI is InChI=1S/C19H19BrN2O9/c1-3-29-10-6-8(5-9(20)15(10)31-7-11(23)30-4-2)12-13(18(25)26)16(21)22-17(24)14(12)19(27)28/h5-6H,3-4,7H2,1-2H3,(H,25,26)(H,27,28)(H3,21,22,24). The van der Waals surface area contributed by atoms with E-state index in [1.54, 1.807) is 13.8 Å². The predicted octanol–water partition coefficient (Wildman–Crippen LogP) is 2.12. The summed E-state index contributed by atoms with van der Waals surface area (Å²) < 4.78 is 16.0. The second kappa shape index (κ2) is 9.98. The lowest BCUT2D eigenvalue weighted by molar-refractivity contribution is -0.145. The Morgan fingerprint density at radius 2 is 1.71 bits per heavy atom. The molecule has 31 heavy (non-hydrogen) atoms. The summed E-state index contributed by atoms with van der Waals surface area (Å²) >= 11 is 3.25. The zero-order valence-corrected chi connectivity index (χ0v) is 18.1. The normalized spacial score (nSPS) is 10.4. The molecule has 12 heteroatoms. The molecule has 0 saturated carbocycles. The number of aromatic amines is 1. The highest BCUT2D eigenvalue weighted by atomic mass is 79.9. The van der Waals surface area contributed by atoms with E-state index in [0.717, 1.165) is 0 Å². The minimum atomic E-state index is -1.64. The van der Waals surface area contributed by atoms with Crippen molar-refractivity contribution in [3.8, 4) is 22.6 Å². The van der Waals surface area contributed by atoms with Gasteiger partial charge in [0, 0.05) is 5.56 Å². The molecule has 11 nitrogen and oxygen atoms in total. The number of pyridine rings is 1. The number of anilines is 1. The third-order valence-corrected chi connectivity index (χ3v) is 4.50. The number of nitrogens with two attached hydrogens (primary N) is 1. The van der Waals surface area contributed by atoms with E-state index in [-0.39, 0.29) is 34.7 Å². The van der Waals surface area contributed by atoms with Crippen LogP contribution in [0.4, 0.5) is 5.82 Å². The number of carbonyl (C=O) groups excluding carboxylic acids is 1. The number of nitrogen functional groups attached to an aromatic ring is 1. The third kappa shape index (κ3) is 5.15. The summed E-state index contributed by atoms with van der Waals surface area (Å²) in [4.78, 5) is 49.4. The van der Waals surface area contributed by atoms with Gasteiger partial charge in [0.25, 0.3) is 5.56 Å². The van der Waals surface area contributed by atoms with Crippen LogP contribution in [0.25, 0.3) is 11.1 Å². The minimum absolute atomic E-state index is 0.0198. The number of nitrogens with one attached hydrogen (secondary N) is 1. The first-order chi connectivity index (χ1) is 14.6. The van der Waals surface area contributed by atoms with Gasteiger partial charge in [-0.2, -0.15) is 0 Å². The van der Waals surface area contributed by atoms with Crippen molar-refractivity contribution < 1.29 is 38.8 Å². The van der Waals surface area contributed by atoms with Gasteiger partial charge in [0.1, 0.15) is 16.9 Å². The van der Waals surface area contributed by atoms with E-state index in [1.807, 2.05) is 4.98 Å². The van der Waals surface area contributed by atoms with E-state index in [0.29, 0.717) is 0 Å². The number of esters is 1. The van der Waals surface area contributed by atoms with Crippen LogP contribution in [0.3, 0.4) is 0 Å². The molecule has 2 rings (SSSR count). The van der Waals surface area contributed by atoms with Gasteiger partial charge in [-0.05, 0) is 47.5 Å². The van der Waals surface area contributed by atoms with Gasteiger partial charge in [-0.3, -0.25) is 4.79 Å². The number of aromatic carboxylic acids is 2. The Bertz CT molecular complexity index is 1090. The van der Waals surface area contributed by atoms with Crippen LogP contribution in [0.1, 0.15) is 34.6 Å². The predicted molar refractivity (Wildman–Crippen MR) is 112 cm³/mol. The van der Waals surface area contributed by atoms with E-state index in [9.17, 15) is 29.4 Å². The Hall–Kier alpha value is -3.54. The topological polar surface area (TPSA) is 178 Å². The maximum Gasteiger partial charge on any atom is 0.344 e. The average molecular weight is 499 g/mol. The zero-order valence-electron chi connectivity index (χ0n) is 16.5. The first-order valence-electron chi connectivity index (χ1n) is 8.89. The van der Waals surface area contributed by atoms with Crippen molar-refractivity contribution in [2.45, 2.75) is 13.8 Å². The fourth-order valence-corrected chi connectivity index (χ4v) is 3.34. The Morgan fingerprint density at radius 1 is 1.06 bits per heavy atom. The number of rotatable bonds is 9. The van der Waals surface area contributed by atoms with Crippen molar-refractivity contribution >= 4 is 39.7 Å². The van der Waals surface area contributed by atoms with Crippen molar-refractivity contribution in [3.63, 3.8) is 0 Å². The van der Waals surface area contributed by atoms with E-state index in [1.165, 1.54) is 12.1 Å². The lowest BCUT2D eigenvalue weighted by Gasteiger charge is -2.17. The SMILES string of the molecule is CCOC(=O)COc1c(Br)cc(-c2c(C(=O)O)c(N)[nH]c(=O)c2C(=O)O)cc1OCC. The fourth-order valence-electron chi connectivity index (χ4n) is 2.78. The smallest absolute Gasteiger partial charge is 0.344 e. The molecule has 0 atom stereocenters. The maximum absolute atomic E-state index is 12.2. The first kappa shape index (κ1) is 23.7. The molecule has 0 spiro atoms. The number of carbonyl (C=O) groups is 3. The van der Waals surface area contributed by atoms with Crippen molar-refractivity contribution in [2.24, 2.45) is 0 Å². The number of hydrogen-bond donors (Lipinski definition) is 4. The van der Waals surface area contributed by atoms with Gasteiger partial charge in [0.15, 0.2) is 18.1 Å². The van der Waals surface area contributed by atoms with Crippen molar-refractivity contribution in [2.75, 3.05) is 25.6 Å². The van der Waals surface area contributed by atoms with E-state index >= 15 is 0 Å². The number of carboxylic acids is 2. The Morgan fingerprint density at radius 3 is 2.26 bits per heavy atom. The van der Waals surface area contributed by atoms with E-state index < -0.39 is 52.6 Å². The highest BCUT2D eigenvalue weighted by molar-refractivity contribution is 9.10. The largest absolute Gasteiger partial charge is 0.490 e. The number of H-pyrrole nitrogens is 1. The Labute approximate surface area is 183 Å². The van der Waals surface area contributed by atoms with Gasteiger partial charge in [0.2, 0.25) is 0 Å². The van der Waals surface area contributed by atoms with Gasteiger partial charge in [-0.25, -0.2) is 14.4 Å². The van der Waals surface area contributed by atoms with E-state index in [4.69, 9.17) is 19.9 Å². The molecule has 0 aliphatic heterocycles. The van der Waals surface area contributed by atoms with Crippen LogP contribution < -0.4 is 20.8 Å². The summed E-state index contributed by atoms with van der Waals surface area (Å²) in [6.45, 7) is 3.22. The molecule has 1 aromatic heterocycles. The number of benzene rings is 1. The molecule has 1 aromatic carbocycles. The number of halogens is 1. The van der Waals surface area contributed by atoms with Crippen LogP contribution in [0.15, 0.2) is 21.4 Å². The van der Waals surface area contributed by atoms with Gasteiger partial charge in [-0.15, -0.1) is 0 Å². The van der Waals surface area contributed by atoms with Crippen LogP contribution in [0, 0.1) is 0 Å². The quantitative estimate of drug-likeness (QED) is 0.374. The molecule has 0 fully saturated rings. The Kier molecular flexibility index (Phi) is 7.64. The average Bonchev–Trinajstić information content (AvgIpc) is 2.66. The van der Waals surface area contributed by atoms with Gasteiger partial charge in [-0.1, -0.05) is 0 Å². The van der Waals surface area contributed by atoms with E-state index in [2.05, 4.69) is 15.9 Å². The highest BCUT2D eigenvalue weighted by Crippen LogP contribution is 2.41. The molecule has 5 N–H and O–H groups in total. The van der Waals surface area contributed by atoms with Crippen LogP contribution in [0.2, 0.25) is 0 Å². The first-order valence-corrected chi connectivity index (χ1v) is 9.69. The molecule has 0 aliphatic carbocycles. The van der Waals surface area contributed by atoms with Gasteiger partial charge >= 0.3 is 17.9 Å². The van der Waals surface area contributed by atoms with Crippen molar-refractivity contribution in [1.82, 2.24) is 4.98 Å². The number of carboxylic acid groups (broad SMARTS) is 2. The number of ether oxygens (including phenoxy) is 3. The monoisotopic (exact) mass is 498 g/mol. The van der Waals surface area contributed by atoms with Crippen molar-refractivity contribution in [1.29, 1.82) is 0 Å². The molecule has 1 heterocycles. The fraction of sp³-hybridized carbons (Fsp3) is 0.263. The number of aromatic nitrogens is 1. The summed E-state index contributed by atoms with van der Waals surface area (Å²) in [5, 5.41) is 19.1. The molecule has 0 radical (unpaired) electrons. The summed E-state index contributed by atoms with van der Waals surface area (Å²) in [7, 11) is 0. The molecule has 0 bridgehead atoms. The van der Waals surface area contributed by atoms with Crippen molar-refractivity contribution in [3.05, 3.63) is 38.1 Å². The maximum atomic E-state index is 12.2. The second-order valence-corrected chi connectivity index (χ2v) is 6.77. The number of hydrogen-bond acceptors (Lipinski definition) is 8. The molecule has 166 valence electrons. The summed E-state index contributed by atoms with van der Waals surface area (Å²) in [6.07, 6.45) is 0. The molecular formula is C19H19BrN2O9. The zero-order chi connectivity index (χ0) is 23.3. The lowest BCUT2D eigenvalue weighted by Crippen LogP contribution is -2.24.